The molecule has 0 heterocycles. The van der Waals surface area contributed by atoms with E-state index in [1.165, 1.54) is 17.7 Å². The minimum absolute atomic E-state index is 0.419. The quantitative estimate of drug-likeness (QED) is 0.637. The van der Waals surface area contributed by atoms with Crippen LogP contribution in [0, 0.1) is 15.9 Å². The third kappa shape index (κ3) is 4.02. The Bertz CT molecular complexity index is 627. The number of rotatable bonds is 6. The Morgan fingerprint density at radius 1 is 1.14 bits per heavy atom. The summed E-state index contributed by atoms with van der Waals surface area (Å²) in [5, 5.41) is 13.7. The number of nitro groups is 1. The first kappa shape index (κ1) is 15.0. The highest BCUT2D eigenvalue weighted by Gasteiger charge is 2.13. The number of nitrogens with one attached hydrogen (secondary N) is 1. The first-order chi connectivity index (χ1) is 10.1. The second-order valence-corrected chi connectivity index (χ2v) is 4.84. The number of aryl methyl sites for hydroxylation is 1. The van der Waals surface area contributed by atoms with E-state index < -0.39 is 16.4 Å². The van der Waals surface area contributed by atoms with Crippen molar-refractivity contribution in [3.8, 4) is 0 Å². The number of benzene rings is 2. The average molecular weight is 288 g/mol. The molecular formula is C16H17FN2O2. The third-order valence-corrected chi connectivity index (χ3v) is 3.20. The Kier molecular flexibility index (Phi) is 4.87. The van der Waals surface area contributed by atoms with Gasteiger partial charge in [-0.15, -0.1) is 0 Å². The molecule has 0 radical (unpaired) electrons. The largest absolute Gasteiger partial charge is 0.381 e. The normalized spacial score (nSPS) is 10.4. The first-order valence-corrected chi connectivity index (χ1v) is 6.85. The Labute approximate surface area is 122 Å². The molecule has 0 aliphatic rings. The highest BCUT2D eigenvalue weighted by atomic mass is 19.1. The molecule has 2 aromatic rings. The van der Waals surface area contributed by atoms with Crippen molar-refractivity contribution < 1.29 is 9.31 Å². The highest BCUT2D eigenvalue weighted by molar-refractivity contribution is 5.45. The van der Waals surface area contributed by atoms with E-state index in [1.54, 1.807) is 6.07 Å². The molecule has 21 heavy (non-hydrogen) atoms. The van der Waals surface area contributed by atoms with Crippen molar-refractivity contribution in [1.29, 1.82) is 0 Å². The summed E-state index contributed by atoms with van der Waals surface area (Å²) in [6.45, 7) is 2.55. The van der Waals surface area contributed by atoms with E-state index in [1.807, 2.05) is 12.1 Å². The van der Waals surface area contributed by atoms with Gasteiger partial charge in [-0.25, -0.2) is 0 Å². The summed E-state index contributed by atoms with van der Waals surface area (Å²) in [6.07, 6.45) is 2.16. The number of nitrogens with zero attached hydrogens (tertiary/aromatic N) is 1. The van der Waals surface area contributed by atoms with Crippen molar-refractivity contribution in [2.45, 2.75) is 26.3 Å². The van der Waals surface area contributed by atoms with Crippen LogP contribution in [0.25, 0.3) is 0 Å². The molecule has 2 aromatic carbocycles. The summed E-state index contributed by atoms with van der Waals surface area (Å²) < 4.78 is 13.5. The molecule has 0 bridgehead atoms. The van der Waals surface area contributed by atoms with E-state index in [-0.39, 0.29) is 0 Å². The fourth-order valence-corrected chi connectivity index (χ4v) is 2.09. The molecule has 0 saturated carbocycles. The molecule has 1 N–H and O–H groups in total. The maximum absolute atomic E-state index is 13.5. The maximum Gasteiger partial charge on any atom is 0.304 e. The van der Waals surface area contributed by atoms with Gasteiger partial charge in [0, 0.05) is 18.3 Å². The smallest absolute Gasteiger partial charge is 0.304 e. The molecule has 0 spiro atoms. The fraction of sp³-hybridized carbons (Fsp3) is 0.250. The van der Waals surface area contributed by atoms with Gasteiger partial charge < -0.3 is 5.32 Å². The lowest BCUT2D eigenvalue weighted by Crippen LogP contribution is -2.01. The molecule has 5 heteroatoms. The predicted octanol–water partition coefficient (Wildman–Crippen LogP) is 4.30. The van der Waals surface area contributed by atoms with Crippen molar-refractivity contribution in [3.63, 3.8) is 0 Å². The van der Waals surface area contributed by atoms with Gasteiger partial charge in [-0.2, -0.15) is 4.39 Å². The zero-order chi connectivity index (χ0) is 15.2. The Morgan fingerprint density at radius 2 is 1.81 bits per heavy atom. The molecule has 0 fully saturated rings. The van der Waals surface area contributed by atoms with Crippen LogP contribution >= 0.6 is 0 Å². The summed E-state index contributed by atoms with van der Waals surface area (Å²) in [5.41, 5.74) is 2.39. The fourth-order valence-electron chi connectivity index (χ4n) is 2.09. The lowest BCUT2D eigenvalue weighted by molar-refractivity contribution is -0.387. The van der Waals surface area contributed by atoms with E-state index in [9.17, 15) is 14.5 Å². The van der Waals surface area contributed by atoms with Crippen LogP contribution in [0.5, 0.6) is 0 Å². The van der Waals surface area contributed by atoms with Gasteiger partial charge >= 0.3 is 5.69 Å². The lowest BCUT2D eigenvalue weighted by Gasteiger charge is -2.08. The van der Waals surface area contributed by atoms with Crippen molar-refractivity contribution >= 4 is 11.4 Å². The minimum atomic E-state index is -0.808. The maximum atomic E-state index is 13.5. The van der Waals surface area contributed by atoms with E-state index in [2.05, 4.69) is 24.4 Å². The van der Waals surface area contributed by atoms with Crippen LogP contribution in [0.15, 0.2) is 42.5 Å². The van der Waals surface area contributed by atoms with E-state index in [4.69, 9.17) is 0 Å². The molecule has 0 aliphatic carbocycles. The monoisotopic (exact) mass is 288 g/mol. The van der Waals surface area contributed by atoms with Crippen molar-refractivity contribution in [3.05, 3.63) is 69.5 Å². The third-order valence-electron chi connectivity index (χ3n) is 3.20. The Hall–Kier alpha value is -2.43. The molecular weight excluding hydrogens is 271 g/mol. The molecule has 0 saturated heterocycles. The van der Waals surface area contributed by atoms with Crippen LogP contribution in [0.3, 0.4) is 0 Å². The van der Waals surface area contributed by atoms with Crippen molar-refractivity contribution in [2.24, 2.45) is 0 Å². The SMILES string of the molecule is CCCc1ccc(NCc2ccc([N+](=O)[O-])c(F)c2)cc1. The Balaban J connectivity index is 1.99. The van der Waals surface area contributed by atoms with Crippen LogP contribution in [0.4, 0.5) is 15.8 Å². The number of halogens is 1. The first-order valence-electron chi connectivity index (χ1n) is 6.85. The van der Waals surface area contributed by atoms with Gasteiger partial charge in [0.25, 0.3) is 0 Å². The molecule has 2 rings (SSSR count). The molecule has 0 atom stereocenters. The molecule has 0 aliphatic heterocycles. The number of hydrogen-bond donors (Lipinski definition) is 1. The van der Waals surface area contributed by atoms with Crippen LogP contribution in [-0.4, -0.2) is 4.92 Å². The number of nitro benzene ring substituents is 1. The second kappa shape index (κ2) is 6.83. The van der Waals surface area contributed by atoms with Gasteiger partial charge in [0.15, 0.2) is 0 Å². The standard InChI is InChI=1S/C16H17FN2O2/c1-2-3-12-4-7-14(8-5-12)18-11-13-6-9-16(19(20)21)15(17)10-13/h4-10,18H,2-3,11H2,1H3. The van der Waals surface area contributed by atoms with Gasteiger partial charge in [0.1, 0.15) is 0 Å². The summed E-state index contributed by atoms with van der Waals surface area (Å²) >= 11 is 0. The molecule has 0 aromatic heterocycles. The lowest BCUT2D eigenvalue weighted by atomic mass is 10.1. The van der Waals surface area contributed by atoms with Gasteiger partial charge in [0.2, 0.25) is 5.82 Å². The minimum Gasteiger partial charge on any atom is -0.381 e. The van der Waals surface area contributed by atoms with Gasteiger partial charge in [0.05, 0.1) is 4.92 Å². The van der Waals surface area contributed by atoms with Crippen molar-refractivity contribution in [2.75, 3.05) is 5.32 Å². The summed E-state index contributed by atoms with van der Waals surface area (Å²) in [4.78, 5) is 9.82. The van der Waals surface area contributed by atoms with E-state index >= 15 is 0 Å². The topological polar surface area (TPSA) is 55.2 Å². The van der Waals surface area contributed by atoms with Crippen molar-refractivity contribution in [1.82, 2.24) is 0 Å². The van der Waals surface area contributed by atoms with E-state index in [0.29, 0.717) is 12.1 Å². The molecule has 0 amide bonds. The molecule has 4 nitrogen and oxygen atoms in total. The Morgan fingerprint density at radius 3 is 2.38 bits per heavy atom. The molecule has 0 unspecified atom stereocenters. The highest BCUT2D eigenvalue weighted by Crippen LogP contribution is 2.19. The average Bonchev–Trinajstić information content (AvgIpc) is 2.46. The molecule has 110 valence electrons. The van der Waals surface area contributed by atoms with Crippen LogP contribution < -0.4 is 5.32 Å². The van der Waals surface area contributed by atoms with Crippen LogP contribution in [-0.2, 0) is 13.0 Å². The summed E-state index contributed by atoms with van der Waals surface area (Å²) in [6, 6.07) is 12.0. The number of anilines is 1. The van der Waals surface area contributed by atoms with Gasteiger partial charge in [-0.3, -0.25) is 10.1 Å². The zero-order valence-corrected chi connectivity index (χ0v) is 11.8. The van der Waals surface area contributed by atoms with Gasteiger partial charge in [-0.1, -0.05) is 31.5 Å². The summed E-state index contributed by atoms with van der Waals surface area (Å²) in [7, 11) is 0. The van der Waals surface area contributed by atoms with Gasteiger partial charge in [-0.05, 0) is 35.7 Å². The van der Waals surface area contributed by atoms with E-state index in [0.717, 1.165) is 18.5 Å². The second-order valence-electron chi connectivity index (χ2n) is 4.84. The summed E-state index contributed by atoms with van der Waals surface area (Å²) in [5.74, 6) is -0.808. The van der Waals surface area contributed by atoms with Crippen LogP contribution in [0.1, 0.15) is 24.5 Å². The number of hydrogen-bond acceptors (Lipinski definition) is 3. The predicted molar refractivity (Wildman–Crippen MR) is 80.8 cm³/mol. The zero-order valence-electron chi connectivity index (χ0n) is 11.8. The van der Waals surface area contributed by atoms with Crippen LogP contribution in [0.2, 0.25) is 0 Å².